The van der Waals surface area contributed by atoms with Gasteiger partial charge in [0.05, 0.1) is 10.5 Å². The number of benzene rings is 1. The molecule has 1 amide bonds. The molecule has 3 aromatic rings. The van der Waals surface area contributed by atoms with Gasteiger partial charge in [-0.05, 0) is 48.4 Å². The van der Waals surface area contributed by atoms with Crippen LogP contribution < -0.4 is 10.2 Å². The van der Waals surface area contributed by atoms with Crippen LogP contribution in [0.25, 0.3) is 11.1 Å². The summed E-state index contributed by atoms with van der Waals surface area (Å²) >= 11 is -0.550. The minimum atomic E-state index is -4.61. The summed E-state index contributed by atoms with van der Waals surface area (Å²) in [5, 5.41) is 2.51. The number of halogens is 4. The van der Waals surface area contributed by atoms with E-state index in [0.717, 1.165) is 31.6 Å². The third kappa shape index (κ3) is 5.59. The zero-order valence-corrected chi connectivity index (χ0v) is 18.3. The highest BCUT2D eigenvalue weighted by Crippen LogP contribution is 2.39. The highest BCUT2D eigenvalue weighted by molar-refractivity contribution is 8.00. The Bertz CT molecular complexity index is 1160. The van der Waals surface area contributed by atoms with Crippen LogP contribution >= 0.6 is 11.8 Å². The molecular formula is C22H19F4N5OS. The molecule has 33 heavy (non-hydrogen) atoms. The fraction of sp³-hybridized carbons (Fsp3) is 0.273. The minimum absolute atomic E-state index is 0.0334. The van der Waals surface area contributed by atoms with Crippen molar-refractivity contribution in [2.45, 2.75) is 23.7 Å². The van der Waals surface area contributed by atoms with Gasteiger partial charge in [0.25, 0.3) is 5.91 Å². The van der Waals surface area contributed by atoms with Gasteiger partial charge in [-0.2, -0.15) is 13.2 Å². The molecule has 11 heteroatoms. The molecule has 1 aliphatic heterocycles. The van der Waals surface area contributed by atoms with Gasteiger partial charge in [0.1, 0.15) is 18.0 Å². The highest BCUT2D eigenvalue weighted by Gasteiger charge is 2.31. The number of hydrogen-bond acceptors (Lipinski definition) is 6. The summed E-state index contributed by atoms with van der Waals surface area (Å²) in [7, 11) is 0. The predicted octanol–water partition coefficient (Wildman–Crippen LogP) is 5.39. The number of aromatic nitrogens is 3. The van der Waals surface area contributed by atoms with Crippen LogP contribution in [0.5, 0.6) is 0 Å². The summed E-state index contributed by atoms with van der Waals surface area (Å²) in [4.78, 5) is 27.0. The first-order valence-corrected chi connectivity index (χ1v) is 10.9. The molecule has 172 valence electrons. The number of carbonyl (C=O) groups is 1. The number of carbonyl (C=O) groups excluding carboxylic acids is 1. The van der Waals surface area contributed by atoms with Gasteiger partial charge < -0.3 is 10.2 Å². The quantitative estimate of drug-likeness (QED) is 0.393. The molecule has 1 N–H and O–H groups in total. The molecule has 0 unspecified atom stereocenters. The number of alkyl halides is 3. The van der Waals surface area contributed by atoms with E-state index in [1.807, 2.05) is 0 Å². The molecule has 0 radical (unpaired) electrons. The largest absolute Gasteiger partial charge is 0.446 e. The van der Waals surface area contributed by atoms with Crippen LogP contribution in [-0.2, 0) is 0 Å². The van der Waals surface area contributed by atoms with Gasteiger partial charge in [-0.15, -0.1) is 0 Å². The molecule has 0 spiro atoms. The summed E-state index contributed by atoms with van der Waals surface area (Å²) in [5.74, 6) is -0.417. The van der Waals surface area contributed by atoms with Crippen molar-refractivity contribution in [3.63, 3.8) is 0 Å². The van der Waals surface area contributed by atoms with Crippen LogP contribution in [0.3, 0.4) is 0 Å². The highest BCUT2D eigenvalue weighted by atomic mass is 32.2. The summed E-state index contributed by atoms with van der Waals surface area (Å²) in [6.45, 7) is 3.83. The molecule has 0 aliphatic carbocycles. The van der Waals surface area contributed by atoms with E-state index < -0.39 is 33.9 Å². The number of nitrogens with zero attached hydrogens (tertiary/aromatic N) is 4. The zero-order valence-electron chi connectivity index (χ0n) is 17.4. The summed E-state index contributed by atoms with van der Waals surface area (Å²) in [5.41, 5.74) is -3.00. The summed E-state index contributed by atoms with van der Waals surface area (Å²) in [6.07, 6.45) is 7.11. The molecule has 0 saturated carbocycles. The Labute approximate surface area is 191 Å². The number of amides is 1. The van der Waals surface area contributed by atoms with Gasteiger partial charge in [-0.1, -0.05) is 6.92 Å². The average Bonchev–Trinajstić information content (AvgIpc) is 3.21. The fourth-order valence-corrected chi connectivity index (χ4v) is 4.14. The van der Waals surface area contributed by atoms with E-state index in [2.05, 4.69) is 32.1 Å². The van der Waals surface area contributed by atoms with Gasteiger partial charge in [-0.25, -0.2) is 19.3 Å². The smallest absolute Gasteiger partial charge is 0.356 e. The molecule has 2 aromatic heterocycles. The van der Waals surface area contributed by atoms with Crippen molar-refractivity contribution < 1.29 is 22.4 Å². The molecule has 6 nitrogen and oxygen atoms in total. The van der Waals surface area contributed by atoms with Crippen LogP contribution in [0.15, 0.2) is 54.1 Å². The Balaban J connectivity index is 1.60. The number of nitrogens with one attached hydrogen (secondary N) is 1. The Morgan fingerprint density at radius 1 is 1.18 bits per heavy atom. The van der Waals surface area contributed by atoms with Crippen molar-refractivity contribution in [1.29, 1.82) is 0 Å². The topological polar surface area (TPSA) is 71.0 Å². The third-order valence-electron chi connectivity index (χ3n) is 5.14. The van der Waals surface area contributed by atoms with Crippen LogP contribution in [-0.4, -0.2) is 39.5 Å². The monoisotopic (exact) mass is 477 g/mol. The molecule has 1 saturated heterocycles. The van der Waals surface area contributed by atoms with Crippen LogP contribution in [0, 0.1) is 11.7 Å². The van der Waals surface area contributed by atoms with Crippen molar-refractivity contribution >= 4 is 29.2 Å². The number of anilines is 2. The summed E-state index contributed by atoms with van der Waals surface area (Å²) in [6, 6.07) is 4.70. The first-order chi connectivity index (χ1) is 15.7. The number of rotatable bonds is 5. The van der Waals surface area contributed by atoms with Gasteiger partial charge >= 0.3 is 5.51 Å². The molecule has 4 rings (SSSR count). The number of pyridine rings is 1. The van der Waals surface area contributed by atoms with Crippen molar-refractivity contribution in [2.24, 2.45) is 5.92 Å². The zero-order chi connectivity index (χ0) is 23.6. The van der Waals surface area contributed by atoms with Crippen molar-refractivity contribution in [3.05, 3.63) is 60.6 Å². The molecule has 0 bridgehead atoms. The number of thioether (sulfide) groups is 1. The Morgan fingerprint density at radius 3 is 2.58 bits per heavy atom. The Kier molecular flexibility index (Phi) is 6.50. The molecule has 1 fully saturated rings. The second-order valence-corrected chi connectivity index (χ2v) is 8.82. The van der Waals surface area contributed by atoms with E-state index in [0.29, 0.717) is 22.9 Å². The van der Waals surface area contributed by atoms with Gasteiger partial charge in [0, 0.05) is 48.5 Å². The maximum atomic E-state index is 14.1. The van der Waals surface area contributed by atoms with Gasteiger partial charge in [-0.3, -0.25) is 4.79 Å². The van der Waals surface area contributed by atoms with Crippen molar-refractivity contribution in [2.75, 3.05) is 23.3 Å². The second kappa shape index (κ2) is 9.34. The Hall–Kier alpha value is -3.21. The maximum absolute atomic E-state index is 14.1. The van der Waals surface area contributed by atoms with E-state index in [4.69, 9.17) is 0 Å². The van der Waals surface area contributed by atoms with E-state index in [1.165, 1.54) is 18.6 Å². The molecule has 1 aromatic carbocycles. The van der Waals surface area contributed by atoms with Crippen molar-refractivity contribution in [3.8, 4) is 11.1 Å². The van der Waals surface area contributed by atoms with Crippen LogP contribution in [0.1, 0.15) is 23.7 Å². The maximum Gasteiger partial charge on any atom is 0.446 e. The lowest BCUT2D eigenvalue weighted by Gasteiger charge is -2.21. The lowest BCUT2D eigenvalue weighted by Crippen LogP contribution is -2.22. The molecule has 1 atom stereocenters. The average molecular weight is 477 g/mol. The lowest BCUT2D eigenvalue weighted by atomic mass is 10.1. The minimum Gasteiger partial charge on any atom is -0.356 e. The number of hydrogen-bond donors (Lipinski definition) is 1. The van der Waals surface area contributed by atoms with E-state index in [1.54, 1.807) is 18.5 Å². The van der Waals surface area contributed by atoms with E-state index in [-0.39, 0.29) is 11.3 Å². The second-order valence-electron chi connectivity index (χ2n) is 7.71. The first-order valence-electron chi connectivity index (χ1n) is 10.1. The standard InChI is InChI=1S/C22H19F4N5OS/c1-13-4-5-31(11-13)20-17(15-8-27-12-28-9-15)6-14(10-29-20)21(32)30-16-2-3-19(18(23)7-16)33-22(24,25)26/h2-3,6-10,12-13H,4-5,11H2,1H3,(H,30,32)/t13-/m1/s1. The molecular weight excluding hydrogens is 458 g/mol. The lowest BCUT2D eigenvalue weighted by molar-refractivity contribution is -0.0329. The predicted molar refractivity (Wildman–Crippen MR) is 118 cm³/mol. The SMILES string of the molecule is C[C@@H]1CCN(c2ncc(C(=O)Nc3ccc(SC(F)(F)F)c(F)c3)cc2-c2cncnc2)C1. The molecule has 1 aliphatic rings. The first kappa shape index (κ1) is 23.0. The van der Waals surface area contributed by atoms with Crippen LogP contribution in [0.2, 0.25) is 0 Å². The van der Waals surface area contributed by atoms with Gasteiger partial charge in [0.15, 0.2) is 0 Å². The molecule has 3 heterocycles. The summed E-state index contributed by atoms with van der Waals surface area (Å²) < 4.78 is 51.6. The van der Waals surface area contributed by atoms with Crippen molar-refractivity contribution in [1.82, 2.24) is 15.0 Å². The van der Waals surface area contributed by atoms with Gasteiger partial charge in [0.2, 0.25) is 0 Å². The van der Waals surface area contributed by atoms with E-state index in [9.17, 15) is 22.4 Å². The normalized spacial score (nSPS) is 16.2. The Morgan fingerprint density at radius 2 is 1.94 bits per heavy atom. The van der Waals surface area contributed by atoms with Crippen LogP contribution in [0.4, 0.5) is 29.1 Å². The fourth-order valence-electron chi connectivity index (χ4n) is 3.60. The third-order valence-corrected chi connectivity index (χ3v) is 5.92. The van der Waals surface area contributed by atoms with E-state index >= 15 is 0 Å².